The molecule has 1 aromatic rings. The number of carbonyl (C=O) groups excluding carboxylic acids is 1. The van der Waals surface area contributed by atoms with E-state index in [2.05, 4.69) is 64.8 Å². The van der Waals surface area contributed by atoms with Gasteiger partial charge in [0, 0.05) is 31.7 Å². The highest BCUT2D eigenvalue weighted by atomic mass is 16.4. The number of carboxylic acids is 1. The molecule has 4 saturated carbocycles. The van der Waals surface area contributed by atoms with Crippen LogP contribution in [0.3, 0.4) is 0 Å². The molecule has 2 amide bonds. The first-order valence-corrected chi connectivity index (χ1v) is 18.7. The van der Waals surface area contributed by atoms with Crippen LogP contribution >= 0.6 is 0 Å². The molecule has 47 heavy (non-hydrogen) atoms. The molecular formula is C41H59N3O3. The number of urea groups is 1. The number of carbonyl (C=O) groups is 2. The molecule has 5 fully saturated rings. The molecule has 9 atom stereocenters. The molecule has 256 valence electrons. The van der Waals surface area contributed by atoms with Gasteiger partial charge in [-0.15, -0.1) is 0 Å². The van der Waals surface area contributed by atoms with Crippen LogP contribution < -0.4 is 10.6 Å². The molecule has 6 nitrogen and oxygen atoms in total. The monoisotopic (exact) mass is 641 g/mol. The third-order valence-electron chi connectivity index (χ3n) is 15.8. The third-order valence-corrected chi connectivity index (χ3v) is 15.8. The maximum atomic E-state index is 13.8. The minimum atomic E-state index is -0.870. The highest BCUT2D eigenvalue weighted by Crippen LogP contribution is 2.76. The summed E-state index contributed by atoms with van der Waals surface area (Å²) in [6.45, 7) is 23.0. The summed E-state index contributed by atoms with van der Waals surface area (Å²) >= 11 is 0. The van der Waals surface area contributed by atoms with Gasteiger partial charge in [0.1, 0.15) is 0 Å². The molecule has 7 rings (SSSR count). The summed E-state index contributed by atoms with van der Waals surface area (Å²) in [5.41, 5.74) is 4.76. The molecule has 6 aliphatic rings. The van der Waals surface area contributed by atoms with Crippen LogP contribution in [-0.2, 0) is 0 Å². The second-order valence-electron chi connectivity index (χ2n) is 17.9. The average Bonchev–Trinajstić information content (AvgIpc) is 3.41. The molecule has 3 N–H and O–H groups in total. The van der Waals surface area contributed by atoms with E-state index in [1.54, 1.807) is 12.1 Å². The molecule has 1 aliphatic heterocycles. The summed E-state index contributed by atoms with van der Waals surface area (Å²) in [5, 5.41) is 16.6. The van der Waals surface area contributed by atoms with Crippen LogP contribution in [0.2, 0.25) is 0 Å². The maximum Gasteiger partial charge on any atom is 0.335 e. The van der Waals surface area contributed by atoms with Gasteiger partial charge in [-0.1, -0.05) is 65.0 Å². The van der Waals surface area contributed by atoms with E-state index in [1.165, 1.54) is 48.8 Å². The number of rotatable bonds is 4. The smallest absolute Gasteiger partial charge is 0.335 e. The number of amides is 2. The second-order valence-corrected chi connectivity index (χ2v) is 17.9. The fourth-order valence-corrected chi connectivity index (χ4v) is 13.4. The lowest BCUT2D eigenvalue weighted by Crippen LogP contribution is -2.69. The fourth-order valence-electron chi connectivity index (χ4n) is 13.4. The van der Waals surface area contributed by atoms with Crippen LogP contribution in [0.1, 0.15) is 115 Å². The minimum Gasteiger partial charge on any atom is -0.478 e. The van der Waals surface area contributed by atoms with Crippen molar-refractivity contribution < 1.29 is 14.7 Å². The number of aromatic carboxylic acids is 1. The quantitative estimate of drug-likeness (QED) is 0.289. The fraction of sp³-hybridized carbons (Fsp3) is 0.707. The summed E-state index contributed by atoms with van der Waals surface area (Å²) < 4.78 is 0. The lowest BCUT2D eigenvalue weighted by molar-refractivity contribution is -0.218. The zero-order valence-corrected chi connectivity index (χ0v) is 29.9. The first-order chi connectivity index (χ1) is 22.2. The predicted octanol–water partition coefficient (Wildman–Crippen LogP) is 8.40. The topological polar surface area (TPSA) is 81.7 Å². The van der Waals surface area contributed by atoms with Gasteiger partial charge >= 0.3 is 12.0 Å². The van der Waals surface area contributed by atoms with E-state index in [9.17, 15) is 14.7 Å². The van der Waals surface area contributed by atoms with E-state index in [-0.39, 0.29) is 33.2 Å². The Bertz CT molecular complexity index is 1470. The van der Waals surface area contributed by atoms with Crippen molar-refractivity contribution in [2.24, 2.45) is 51.2 Å². The number of benzene rings is 1. The number of hydrogen-bond donors (Lipinski definition) is 3. The van der Waals surface area contributed by atoms with Crippen LogP contribution in [0.5, 0.6) is 0 Å². The van der Waals surface area contributed by atoms with Gasteiger partial charge in [-0.2, -0.15) is 0 Å². The molecule has 0 aromatic heterocycles. The first kappa shape index (κ1) is 32.9. The van der Waals surface area contributed by atoms with Gasteiger partial charge in [0.05, 0.1) is 5.56 Å². The van der Waals surface area contributed by atoms with Crippen LogP contribution in [0.15, 0.2) is 42.5 Å². The van der Waals surface area contributed by atoms with Gasteiger partial charge in [-0.3, -0.25) is 0 Å². The first-order valence-electron chi connectivity index (χ1n) is 18.7. The molecule has 1 saturated heterocycles. The van der Waals surface area contributed by atoms with E-state index < -0.39 is 5.97 Å². The van der Waals surface area contributed by atoms with Crippen LogP contribution in [0.4, 0.5) is 4.79 Å². The summed E-state index contributed by atoms with van der Waals surface area (Å²) in [5.74, 6) is 1.86. The summed E-state index contributed by atoms with van der Waals surface area (Å²) in [4.78, 5) is 27.4. The van der Waals surface area contributed by atoms with Crippen molar-refractivity contribution in [1.82, 2.24) is 15.5 Å². The largest absolute Gasteiger partial charge is 0.478 e. The molecular weight excluding hydrogens is 582 g/mol. The number of nitrogens with one attached hydrogen (secondary N) is 2. The highest BCUT2D eigenvalue weighted by molar-refractivity contribution is 5.88. The molecule has 1 heterocycles. The van der Waals surface area contributed by atoms with Crippen molar-refractivity contribution >= 4 is 17.6 Å². The lowest BCUT2D eigenvalue weighted by Gasteiger charge is -2.72. The zero-order chi connectivity index (χ0) is 33.6. The molecule has 1 aromatic carbocycles. The zero-order valence-electron chi connectivity index (χ0n) is 29.9. The van der Waals surface area contributed by atoms with Gasteiger partial charge < -0.3 is 20.6 Å². The molecule has 0 radical (unpaired) electrons. The normalized spacial score (nSPS) is 42.2. The second kappa shape index (κ2) is 11.2. The van der Waals surface area contributed by atoms with Crippen LogP contribution in [-0.4, -0.2) is 53.7 Å². The lowest BCUT2D eigenvalue weighted by atomic mass is 9.33. The molecule has 6 heteroatoms. The minimum absolute atomic E-state index is 0.00327. The van der Waals surface area contributed by atoms with Crippen molar-refractivity contribution in [3.05, 3.63) is 53.6 Å². The molecule has 0 bridgehead atoms. The third kappa shape index (κ3) is 4.73. The Kier molecular flexibility index (Phi) is 7.86. The summed E-state index contributed by atoms with van der Waals surface area (Å²) in [6.07, 6.45) is 13.1. The molecule has 9 unspecified atom stereocenters. The van der Waals surface area contributed by atoms with Crippen molar-refractivity contribution in [3.63, 3.8) is 0 Å². The van der Waals surface area contributed by atoms with E-state index in [0.29, 0.717) is 35.2 Å². The van der Waals surface area contributed by atoms with Gasteiger partial charge in [0.25, 0.3) is 0 Å². The predicted molar refractivity (Wildman–Crippen MR) is 189 cm³/mol. The van der Waals surface area contributed by atoms with Crippen molar-refractivity contribution in [1.29, 1.82) is 0 Å². The Morgan fingerprint density at radius 1 is 0.894 bits per heavy atom. The van der Waals surface area contributed by atoms with Crippen molar-refractivity contribution in [2.75, 3.05) is 26.2 Å². The van der Waals surface area contributed by atoms with E-state index in [1.807, 2.05) is 17.0 Å². The van der Waals surface area contributed by atoms with Gasteiger partial charge in [0.15, 0.2) is 0 Å². The summed E-state index contributed by atoms with van der Waals surface area (Å²) in [7, 11) is 0. The van der Waals surface area contributed by atoms with Crippen molar-refractivity contribution in [2.45, 2.75) is 105 Å². The Balaban J connectivity index is 1.20. The summed E-state index contributed by atoms with van der Waals surface area (Å²) in [6, 6.07) is 7.72. The van der Waals surface area contributed by atoms with Gasteiger partial charge in [0.2, 0.25) is 0 Å². The number of nitrogens with zero attached hydrogens (tertiary/aromatic N) is 1. The number of hydrogen-bond acceptors (Lipinski definition) is 3. The molecule has 5 aliphatic carbocycles. The SMILES string of the molecule is C=C(C)C1CCC2(NC(=O)N3CCNCC3)CCC3(C)C(CCC4C5(C)CC=C(c6ccc(C(=O)O)cc6)C(C)(C)C5CCC43C)C12. The van der Waals surface area contributed by atoms with E-state index in [4.69, 9.17) is 0 Å². The number of fused-ring (bicyclic) bond motifs is 7. The molecule has 0 spiro atoms. The van der Waals surface area contributed by atoms with Crippen LogP contribution in [0.25, 0.3) is 5.57 Å². The van der Waals surface area contributed by atoms with Crippen LogP contribution in [0, 0.1) is 51.2 Å². The number of carboxylic acid groups (broad SMARTS) is 1. The van der Waals surface area contributed by atoms with Gasteiger partial charge in [-0.05, 0) is 139 Å². The maximum absolute atomic E-state index is 13.8. The Morgan fingerprint density at radius 2 is 1.60 bits per heavy atom. The van der Waals surface area contributed by atoms with Crippen molar-refractivity contribution in [3.8, 4) is 0 Å². The Labute approximate surface area is 283 Å². The number of piperazine rings is 1. The highest BCUT2D eigenvalue weighted by Gasteiger charge is 2.70. The van der Waals surface area contributed by atoms with E-state index in [0.717, 1.165) is 51.9 Å². The number of allylic oxidation sites excluding steroid dienone is 3. The van der Waals surface area contributed by atoms with Gasteiger partial charge in [-0.25, -0.2) is 9.59 Å². The Morgan fingerprint density at radius 3 is 2.26 bits per heavy atom. The Hall–Kier alpha value is -2.60. The van der Waals surface area contributed by atoms with E-state index >= 15 is 0 Å². The standard InChI is InChI=1S/C41H59N3O3/c1-26(2)29-14-19-41(43-36(47)44-24-22-42-23-25-44)21-20-39(6)31(34(29)41)12-13-33-38(5)17-15-30(27-8-10-28(11-9-27)35(45)46)37(3,4)32(38)16-18-40(33,39)7/h8-11,15,29,31-34,42H,1,12-14,16-25H2,2-7H3,(H,43,47)(H,45,46). The average molecular weight is 642 g/mol.